The van der Waals surface area contributed by atoms with Gasteiger partial charge in [-0.25, -0.2) is 16.8 Å². The number of aliphatic hydroxyl groups is 1. The minimum atomic E-state index is -3.88. The van der Waals surface area contributed by atoms with Crippen molar-refractivity contribution >= 4 is 25.6 Å². The Kier molecular flexibility index (Phi) is 6.83. The van der Waals surface area contributed by atoms with Gasteiger partial charge < -0.3 is 9.84 Å². The number of ether oxygens (including phenoxy) is 1. The molecule has 0 aliphatic rings. The molecule has 7 nitrogen and oxygen atoms in total. The lowest BCUT2D eigenvalue weighted by Crippen LogP contribution is -2.35. The fourth-order valence-corrected chi connectivity index (χ4v) is 5.15. The van der Waals surface area contributed by atoms with Crippen LogP contribution in [0.3, 0.4) is 0 Å². The van der Waals surface area contributed by atoms with Crippen LogP contribution in [0.2, 0.25) is 0 Å². The van der Waals surface area contributed by atoms with Crippen molar-refractivity contribution in [3.63, 3.8) is 0 Å². The Bertz CT molecular complexity index is 528. The Balaban J connectivity index is 4.77. The molecule has 0 spiro atoms. The first-order valence-electron chi connectivity index (χ1n) is 6.45. The number of carbonyl (C=O) groups excluding carboxylic acids is 1. The molecule has 0 heterocycles. The number of rotatable bonds is 8. The molecule has 0 aromatic carbocycles. The smallest absolute Gasteiger partial charge is 0.311 e. The number of carbonyl (C=O) groups is 1. The summed E-state index contributed by atoms with van der Waals surface area (Å²) in [4.78, 5) is 11.7. The molecule has 0 aromatic rings. The first-order chi connectivity index (χ1) is 9.21. The predicted octanol–water partition coefficient (Wildman–Crippen LogP) is 0.132. The SMILES string of the molecule is CCC(C)(C)C(=O)OCC(O)CC(S(C)(=O)=O)S(C)(=O)=O. The maximum atomic E-state index is 11.7. The molecule has 1 unspecified atom stereocenters. The van der Waals surface area contributed by atoms with E-state index < -0.39 is 54.8 Å². The van der Waals surface area contributed by atoms with E-state index in [-0.39, 0.29) is 0 Å². The zero-order valence-electron chi connectivity index (χ0n) is 13.0. The molecule has 0 saturated carbocycles. The number of esters is 1. The molecule has 9 heteroatoms. The van der Waals surface area contributed by atoms with Crippen LogP contribution in [-0.2, 0) is 29.2 Å². The van der Waals surface area contributed by atoms with Crippen LogP contribution in [-0.4, -0.2) is 57.7 Å². The van der Waals surface area contributed by atoms with E-state index in [9.17, 15) is 26.7 Å². The van der Waals surface area contributed by atoms with Crippen LogP contribution in [0.5, 0.6) is 0 Å². The van der Waals surface area contributed by atoms with Gasteiger partial charge in [-0.2, -0.15) is 0 Å². The number of hydrogen-bond acceptors (Lipinski definition) is 7. The van der Waals surface area contributed by atoms with E-state index in [0.717, 1.165) is 12.5 Å². The Labute approximate surface area is 126 Å². The van der Waals surface area contributed by atoms with Crippen molar-refractivity contribution in [2.45, 2.75) is 44.3 Å². The Morgan fingerprint density at radius 2 is 1.57 bits per heavy atom. The zero-order valence-corrected chi connectivity index (χ0v) is 14.6. The summed E-state index contributed by atoms with van der Waals surface area (Å²) in [5.41, 5.74) is -0.715. The lowest BCUT2D eigenvalue weighted by Gasteiger charge is -2.22. The molecular weight excluding hydrogens is 320 g/mol. The molecule has 126 valence electrons. The molecule has 1 N–H and O–H groups in total. The summed E-state index contributed by atoms with van der Waals surface area (Å²) in [6.45, 7) is 4.72. The largest absolute Gasteiger partial charge is 0.463 e. The van der Waals surface area contributed by atoms with E-state index in [4.69, 9.17) is 4.74 Å². The van der Waals surface area contributed by atoms with Crippen LogP contribution in [0.25, 0.3) is 0 Å². The van der Waals surface area contributed by atoms with Crippen molar-refractivity contribution in [3.8, 4) is 0 Å². The molecule has 0 radical (unpaired) electrons. The fourth-order valence-electron chi connectivity index (χ4n) is 1.47. The average Bonchev–Trinajstić information content (AvgIpc) is 2.29. The summed E-state index contributed by atoms with van der Waals surface area (Å²) in [7, 11) is -7.76. The van der Waals surface area contributed by atoms with Gasteiger partial charge in [0.25, 0.3) is 0 Å². The van der Waals surface area contributed by atoms with E-state index in [0.29, 0.717) is 6.42 Å². The second-order valence-electron chi connectivity index (χ2n) is 5.81. The van der Waals surface area contributed by atoms with Crippen LogP contribution in [0, 0.1) is 5.41 Å². The predicted molar refractivity (Wildman–Crippen MR) is 79.1 cm³/mol. The normalized spacial score (nSPS) is 15.0. The monoisotopic (exact) mass is 344 g/mol. The van der Waals surface area contributed by atoms with Crippen molar-refractivity contribution in [1.29, 1.82) is 0 Å². The molecule has 0 bridgehead atoms. The van der Waals surface area contributed by atoms with Crippen molar-refractivity contribution in [3.05, 3.63) is 0 Å². The average molecular weight is 344 g/mol. The maximum absolute atomic E-state index is 11.7. The summed E-state index contributed by atoms with van der Waals surface area (Å²) >= 11 is 0. The van der Waals surface area contributed by atoms with E-state index in [2.05, 4.69) is 0 Å². The van der Waals surface area contributed by atoms with Crippen LogP contribution in [0.15, 0.2) is 0 Å². The standard InChI is InChI=1S/C12H24O7S2/c1-6-12(2,3)11(14)19-8-9(13)7-10(20(4,15)16)21(5,17)18/h9-10,13H,6-8H2,1-5H3. The van der Waals surface area contributed by atoms with Gasteiger partial charge in [0, 0.05) is 18.9 Å². The Hall–Kier alpha value is -0.670. The maximum Gasteiger partial charge on any atom is 0.311 e. The molecule has 0 aliphatic carbocycles. The van der Waals surface area contributed by atoms with Crippen LogP contribution in [0.1, 0.15) is 33.6 Å². The van der Waals surface area contributed by atoms with E-state index in [1.54, 1.807) is 20.8 Å². The van der Waals surface area contributed by atoms with E-state index in [1.165, 1.54) is 0 Å². The highest BCUT2D eigenvalue weighted by Crippen LogP contribution is 2.22. The third-order valence-electron chi connectivity index (χ3n) is 3.26. The molecule has 0 rings (SSSR count). The second-order valence-corrected chi connectivity index (χ2v) is 10.6. The Morgan fingerprint density at radius 1 is 1.14 bits per heavy atom. The Morgan fingerprint density at radius 3 is 1.90 bits per heavy atom. The molecule has 1 atom stereocenters. The summed E-state index contributed by atoms with van der Waals surface area (Å²) in [5.74, 6) is -0.528. The third-order valence-corrected chi connectivity index (χ3v) is 7.66. The van der Waals surface area contributed by atoms with Gasteiger partial charge in [0.1, 0.15) is 6.61 Å². The van der Waals surface area contributed by atoms with Crippen molar-refractivity contribution < 1.29 is 31.5 Å². The van der Waals surface area contributed by atoms with Gasteiger partial charge in [-0.3, -0.25) is 4.79 Å². The van der Waals surface area contributed by atoms with Gasteiger partial charge in [-0.05, 0) is 20.3 Å². The van der Waals surface area contributed by atoms with Crippen LogP contribution < -0.4 is 0 Å². The van der Waals surface area contributed by atoms with Crippen LogP contribution in [0.4, 0.5) is 0 Å². The summed E-state index contributed by atoms with van der Waals surface area (Å²) < 4.78 is 49.0. The van der Waals surface area contributed by atoms with E-state index in [1.807, 2.05) is 0 Å². The molecule has 21 heavy (non-hydrogen) atoms. The van der Waals surface area contributed by atoms with Gasteiger partial charge in [-0.15, -0.1) is 0 Å². The summed E-state index contributed by atoms with van der Waals surface area (Å²) in [6, 6.07) is 0. The third kappa shape index (κ3) is 6.75. The topological polar surface area (TPSA) is 115 Å². The molecule has 0 amide bonds. The van der Waals surface area contributed by atoms with Crippen molar-refractivity contribution in [1.82, 2.24) is 0 Å². The second kappa shape index (κ2) is 7.06. The first-order valence-corrected chi connectivity index (χ1v) is 10.4. The summed E-state index contributed by atoms with van der Waals surface area (Å²) in [6.07, 6.45) is 0.223. The minimum Gasteiger partial charge on any atom is -0.463 e. The van der Waals surface area contributed by atoms with Gasteiger partial charge in [0.05, 0.1) is 11.5 Å². The molecular formula is C12H24O7S2. The van der Waals surface area contributed by atoms with Gasteiger partial charge in [0.15, 0.2) is 24.3 Å². The lowest BCUT2D eigenvalue weighted by atomic mass is 9.91. The van der Waals surface area contributed by atoms with Crippen LogP contribution >= 0.6 is 0 Å². The molecule has 0 saturated heterocycles. The highest BCUT2D eigenvalue weighted by atomic mass is 32.3. The fraction of sp³-hybridized carbons (Fsp3) is 0.917. The van der Waals surface area contributed by atoms with Crippen molar-refractivity contribution in [2.75, 3.05) is 19.1 Å². The molecule has 0 aromatic heterocycles. The highest BCUT2D eigenvalue weighted by Gasteiger charge is 2.34. The molecule has 0 aliphatic heterocycles. The number of sulfone groups is 2. The summed E-state index contributed by atoms with van der Waals surface area (Å²) in [5, 5.41) is 9.73. The van der Waals surface area contributed by atoms with Crippen molar-refractivity contribution in [2.24, 2.45) is 5.41 Å². The quantitative estimate of drug-likeness (QED) is 0.622. The number of hydrogen-bond donors (Lipinski definition) is 1. The minimum absolute atomic E-state index is 0.441. The number of aliphatic hydroxyl groups excluding tert-OH is 1. The first kappa shape index (κ1) is 20.3. The zero-order chi connectivity index (χ0) is 17.1. The molecule has 0 fully saturated rings. The lowest BCUT2D eigenvalue weighted by molar-refractivity contribution is -0.157. The van der Waals surface area contributed by atoms with E-state index >= 15 is 0 Å². The van der Waals surface area contributed by atoms with Gasteiger partial charge >= 0.3 is 5.97 Å². The van der Waals surface area contributed by atoms with Gasteiger partial charge in [-0.1, -0.05) is 6.92 Å². The van der Waals surface area contributed by atoms with Gasteiger partial charge in [0.2, 0.25) is 0 Å². The highest BCUT2D eigenvalue weighted by molar-refractivity contribution is 8.08.